The number of hydrogen-bond donors (Lipinski definition) is 2. The first kappa shape index (κ1) is 22.8. The minimum absolute atomic E-state index is 0. The molecule has 0 aliphatic heterocycles. The topological polar surface area (TPSA) is 45.7 Å². The second-order valence-corrected chi connectivity index (χ2v) is 5.04. The zero-order valence-electron chi connectivity index (χ0n) is 13.9. The van der Waals surface area contributed by atoms with Crippen LogP contribution in [0, 0.1) is 0 Å². The fourth-order valence-corrected chi connectivity index (χ4v) is 1.90. The molecule has 0 aliphatic rings. The first-order valence-corrected chi connectivity index (χ1v) is 7.66. The maximum atomic E-state index is 12.1. The van der Waals surface area contributed by atoms with E-state index < -0.39 is 12.6 Å². The Morgan fingerprint density at radius 1 is 1.12 bits per heavy atom. The number of guanidine groups is 1. The van der Waals surface area contributed by atoms with Gasteiger partial charge in [0.05, 0.1) is 13.7 Å². The Morgan fingerprint density at radius 3 is 2.33 bits per heavy atom. The highest BCUT2D eigenvalue weighted by atomic mass is 127. The fraction of sp³-hybridized carbons (Fsp3) is 0.562. The molecule has 0 amide bonds. The van der Waals surface area contributed by atoms with Crippen LogP contribution in [0.15, 0.2) is 29.3 Å². The van der Waals surface area contributed by atoms with Crippen LogP contribution in [0.5, 0.6) is 5.75 Å². The minimum atomic E-state index is -4.08. The molecule has 0 bridgehead atoms. The molecule has 0 spiro atoms. The summed E-state index contributed by atoms with van der Waals surface area (Å²) < 4.78 is 41.3. The number of rotatable bonds is 8. The largest absolute Gasteiger partial charge is 0.497 e. The number of aliphatic imine (C=N–C) groups is 1. The van der Waals surface area contributed by atoms with Gasteiger partial charge in [0, 0.05) is 19.5 Å². The van der Waals surface area contributed by atoms with Gasteiger partial charge in [0.1, 0.15) is 5.75 Å². The number of alkyl halides is 3. The van der Waals surface area contributed by atoms with Gasteiger partial charge < -0.3 is 15.4 Å². The van der Waals surface area contributed by atoms with Crippen molar-refractivity contribution in [3.8, 4) is 5.75 Å². The molecule has 0 unspecified atom stereocenters. The van der Waals surface area contributed by atoms with Crippen molar-refractivity contribution in [3.63, 3.8) is 0 Å². The maximum absolute atomic E-state index is 12.1. The lowest BCUT2D eigenvalue weighted by molar-refractivity contribution is -0.135. The van der Waals surface area contributed by atoms with E-state index in [1.165, 1.54) is 0 Å². The van der Waals surface area contributed by atoms with Crippen LogP contribution >= 0.6 is 24.0 Å². The molecular weight excluding hydrogens is 434 g/mol. The maximum Gasteiger partial charge on any atom is 0.389 e. The van der Waals surface area contributed by atoms with Gasteiger partial charge in [-0.15, -0.1) is 24.0 Å². The molecule has 8 heteroatoms. The zero-order valence-corrected chi connectivity index (χ0v) is 16.3. The average Bonchev–Trinajstić information content (AvgIpc) is 2.51. The van der Waals surface area contributed by atoms with Gasteiger partial charge in [-0.3, -0.25) is 0 Å². The second kappa shape index (κ2) is 12.2. The van der Waals surface area contributed by atoms with Gasteiger partial charge in [-0.2, -0.15) is 13.2 Å². The van der Waals surface area contributed by atoms with Crippen LogP contribution in [0.4, 0.5) is 13.2 Å². The van der Waals surface area contributed by atoms with E-state index in [2.05, 4.69) is 15.6 Å². The van der Waals surface area contributed by atoms with Crippen LogP contribution < -0.4 is 15.4 Å². The summed E-state index contributed by atoms with van der Waals surface area (Å²) in [5.74, 6) is 1.39. The van der Waals surface area contributed by atoms with Crippen LogP contribution in [0.2, 0.25) is 0 Å². The average molecular weight is 459 g/mol. The highest BCUT2D eigenvalue weighted by molar-refractivity contribution is 14.0. The van der Waals surface area contributed by atoms with Crippen LogP contribution in [0.1, 0.15) is 31.7 Å². The predicted molar refractivity (Wildman–Crippen MR) is 101 cm³/mol. The Kier molecular flexibility index (Phi) is 11.6. The fourth-order valence-electron chi connectivity index (χ4n) is 1.90. The van der Waals surface area contributed by atoms with Gasteiger partial charge in [0.25, 0.3) is 0 Å². The van der Waals surface area contributed by atoms with Crippen molar-refractivity contribution < 1.29 is 17.9 Å². The van der Waals surface area contributed by atoms with Gasteiger partial charge in [0.15, 0.2) is 5.96 Å². The summed E-state index contributed by atoms with van der Waals surface area (Å²) in [4.78, 5) is 4.42. The van der Waals surface area contributed by atoms with E-state index in [0.29, 0.717) is 32.0 Å². The summed E-state index contributed by atoms with van der Waals surface area (Å²) in [7, 11) is 1.61. The number of methoxy groups -OCH3 is 1. The minimum Gasteiger partial charge on any atom is -0.497 e. The second-order valence-electron chi connectivity index (χ2n) is 5.04. The number of nitrogens with one attached hydrogen (secondary N) is 2. The number of benzene rings is 1. The van der Waals surface area contributed by atoms with Gasteiger partial charge >= 0.3 is 6.18 Å². The molecule has 0 aromatic heterocycles. The molecule has 2 N–H and O–H groups in total. The van der Waals surface area contributed by atoms with Crippen molar-refractivity contribution in [2.24, 2.45) is 4.99 Å². The van der Waals surface area contributed by atoms with Crippen molar-refractivity contribution in [1.29, 1.82) is 0 Å². The normalized spacial score (nSPS) is 11.6. The molecule has 1 aromatic carbocycles. The summed E-state index contributed by atoms with van der Waals surface area (Å²) in [6, 6.07) is 7.58. The molecule has 138 valence electrons. The van der Waals surface area contributed by atoms with E-state index in [0.717, 1.165) is 11.3 Å². The van der Waals surface area contributed by atoms with Crippen molar-refractivity contribution in [1.82, 2.24) is 10.6 Å². The standard InChI is InChI=1S/C16H24F3N3O.HI/c1-3-20-15(21-11-5-4-10-16(17,18)19)22-12-13-6-8-14(23-2)9-7-13;/h6-9H,3-5,10-12H2,1-2H3,(H2,20,21,22);1H. The number of halogens is 4. The van der Waals surface area contributed by atoms with Gasteiger partial charge in [-0.1, -0.05) is 12.1 Å². The highest BCUT2D eigenvalue weighted by Gasteiger charge is 2.25. The number of unbranched alkanes of at least 4 members (excludes halogenated alkanes) is 1. The summed E-state index contributed by atoms with van der Waals surface area (Å²) in [5.41, 5.74) is 1.03. The summed E-state index contributed by atoms with van der Waals surface area (Å²) in [6.07, 6.45) is -4.25. The van der Waals surface area contributed by atoms with Crippen molar-refractivity contribution in [2.45, 2.75) is 38.9 Å². The van der Waals surface area contributed by atoms with Crippen LogP contribution in [-0.4, -0.2) is 32.3 Å². The van der Waals surface area contributed by atoms with E-state index in [9.17, 15) is 13.2 Å². The van der Waals surface area contributed by atoms with Crippen LogP contribution in [0.3, 0.4) is 0 Å². The quantitative estimate of drug-likeness (QED) is 0.266. The third-order valence-electron chi connectivity index (χ3n) is 3.10. The molecule has 4 nitrogen and oxygen atoms in total. The molecule has 0 atom stereocenters. The summed E-state index contributed by atoms with van der Waals surface area (Å²) in [5, 5.41) is 6.12. The third-order valence-corrected chi connectivity index (χ3v) is 3.10. The zero-order chi connectivity index (χ0) is 17.1. The molecule has 1 aromatic rings. The number of nitrogens with zero attached hydrogens (tertiary/aromatic N) is 1. The summed E-state index contributed by atoms with van der Waals surface area (Å²) in [6.45, 7) is 3.58. The van der Waals surface area contributed by atoms with Crippen molar-refractivity contribution in [3.05, 3.63) is 29.8 Å². The Hall–Kier alpha value is -1.19. The van der Waals surface area contributed by atoms with Gasteiger partial charge in [-0.25, -0.2) is 4.99 Å². The highest BCUT2D eigenvalue weighted by Crippen LogP contribution is 2.21. The molecule has 0 radical (unpaired) electrons. The lowest BCUT2D eigenvalue weighted by Gasteiger charge is -2.12. The molecular formula is C16H25F3IN3O. The Balaban J connectivity index is 0.00000529. The first-order valence-electron chi connectivity index (χ1n) is 7.66. The third kappa shape index (κ3) is 10.6. The van der Waals surface area contributed by atoms with Gasteiger partial charge in [0.2, 0.25) is 0 Å². The monoisotopic (exact) mass is 459 g/mol. The number of hydrogen-bond acceptors (Lipinski definition) is 2. The molecule has 24 heavy (non-hydrogen) atoms. The van der Waals surface area contributed by atoms with Crippen LogP contribution in [-0.2, 0) is 6.54 Å². The smallest absolute Gasteiger partial charge is 0.389 e. The first-order chi connectivity index (χ1) is 10.9. The molecule has 0 saturated carbocycles. The van der Waals surface area contributed by atoms with Crippen molar-refractivity contribution in [2.75, 3.05) is 20.2 Å². The molecule has 0 aliphatic carbocycles. The van der Waals surface area contributed by atoms with Crippen LogP contribution in [0.25, 0.3) is 0 Å². The molecule has 0 heterocycles. The van der Waals surface area contributed by atoms with E-state index in [1.807, 2.05) is 31.2 Å². The SMILES string of the molecule is CCNC(=NCc1ccc(OC)cc1)NCCCCC(F)(F)F.I. The Bertz CT molecular complexity index is 478. The summed E-state index contributed by atoms with van der Waals surface area (Å²) >= 11 is 0. The Labute approximate surface area is 158 Å². The van der Waals surface area contributed by atoms with Gasteiger partial charge in [-0.05, 0) is 37.5 Å². The molecule has 0 saturated heterocycles. The predicted octanol–water partition coefficient (Wildman–Crippen LogP) is 4.10. The van der Waals surface area contributed by atoms with E-state index >= 15 is 0 Å². The van der Waals surface area contributed by atoms with E-state index in [-0.39, 0.29) is 30.4 Å². The molecule has 1 rings (SSSR count). The number of ether oxygens (including phenoxy) is 1. The Morgan fingerprint density at radius 2 is 1.79 bits per heavy atom. The van der Waals surface area contributed by atoms with E-state index in [4.69, 9.17) is 4.74 Å². The van der Waals surface area contributed by atoms with E-state index in [1.54, 1.807) is 7.11 Å². The van der Waals surface area contributed by atoms with Crippen molar-refractivity contribution >= 4 is 29.9 Å². The lowest BCUT2D eigenvalue weighted by Crippen LogP contribution is -2.37. The molecule has 0 fully saturated rings. The lowest BCUT2D eigenvalue weighted by atomic mass is 10.2.